The highest BCUT2D eigenvalue weighted by Crippen LogP contribution is 2.18. The fraction of sp³-hybridized carbons (Fsp3) is 0.333. The Kier molecular flexibility index (Phi) is 3.52. The Morgan fingerprint density at radius 1 is 1.17 bits per heavy atom. The molecule has 0 unspecified atom stereocenters. The van der Waals surface area contributed by atoms with Crippen LogP contribution in [0.3, 0.4) is 0 Å². The van der Waals surface area contributed by atoms with Crippen LogP contribution in [0.4, 0.5) is 0 Å². The molecule has 9 heteroatoms. The second-order valence-corrected chi connectivity index (χ2v) is 5.52. The third-order valence-electron chi connectivity index (χ3n) is 3.98. The molecule has 0 aliphatic heterocycles. The van der Waals surface area contributed by atoms with E-state index in [2.05, 4.69) is 37.1 Å². The van der Waals surface area contributed by atoms with Crippen LogP contribution in [-0.2, 0) is 6.54 Å². The fourth-order valence-electron chi connectivity index (χ4n) is 2.81. The van der Waals surface area contributed by atoms with E-state index in [0.29, 0.717) is 34.9 Å². The highest BCUT2D eigenvalue weighted by molar-refractivity contribution is 5.85. The Hall–Kier alpha value is -3.10. The van der Waals surface area contributed by atoms with Gasteiger partial charge in [0.15, 0.2) is 17.1 Å². The van der Waals surface area contributed by atoms with Crippen LogP contribution in [0.5, 0.6) is 0 Å². The molecule has 122 valence electrons. The van der Waals surface area contributed by atoms with Crippen molar-refractivity contribution in [2.45, 2.75) is 32.7 Å². The zero-order valence-electron chi connectivity index (χ0n) is 13.2. The van der Waals surface area contributed by atoms with E-state index < -0.39 is 0 Å². The first-order valence-corrected chi connectivity index (χ1v) is 7.88. The topological polar surface area (TPSA) is 107 Å². The van der Waals surface area contributed by atoms with Crippen LogP contribution in [0.25, 0.3) is 28.3 Å². The van der Waals surface area contributed by atoms with Gasteiger partial charge in [0, 0.05) is 12.7 Å². The first-order valence-electron chi connectivity index (χ1n) is 7.88. The van der Waals surface area contributed by atoms with Crippen molar-refractivity contribution in [3.8, 4) is 11.5 Å². The van der Waals surface area contributed by atoms with Gasteiger partial charge in [-0.3, -0.25) is 4.57 Å². The van der Waals surface area contributed by atoms with Crippen molar-refractivity contribution >= 4 is 16.8 Å². The molecule has 0 aliphatic rings. The summed E-state index contributed by atoms with van der Waals surface area (Å²) in [4.78, 5) is 28.5. The normalized spacial score (nSPS) is 11.5. The molecule has 9 nitrogen and oxygen atoms in total. The third kappa shape index (κ3) is 2.16. The van der Waals surface area contributed by atoms with Gasteiger partial charge < -0.3 is 4.98 Å². The molecule has 4 aromatic heterocycles. The van der Waals surface area contributed by atoms with Gasteiger partial charge in [0.25, 0.3) is 0 Å². The molecule has 0 atom stereocenters. The SMILES string of the molecule is CCCCCn1c(=O)n2c(-c3ccncn3)nnc2c2[nH]cnc21. The molecule has 4 rings (SSSR count). The summed E-state index contributed by atoms with van der Waals surface area (Å²) in [5.41, 5.74) is 2.09. The molecule has 0 aliphatic carbocycles. The second-order valence-electron chi connectivity index (χ2n) is 5.52. The molecule has 4 heterocycles. The standard InChI is InChI=1S/C15H16N8O/c1-2-3-4-7-22-13-11(18-9-19-13)14-21-20-12(23(14)15(22)24)10-5-6-16-8-17-10/h5-6,8-9H,2-4,7H2,1H3,(H,18,19). The lowest BCUT2D eigenvalue weighted by Crippen LogP contribution is -2.28. The van der Waals surface area contributed by atoms with Gasteiger partial charge in [-0.1, -0.05) is 19.8 Å². The number of nitrogens with one attached hydrogen (secondary N) is 1. The van der Waals surface area contributed by atoms with Crippen molar-refractivity contribution < 1.29 is 0 Å². The van der Waals surface area contributed by atoms with Crippen molar-refractivity contribution in [2.24, 2.45) is 0 Å². The minimum absolute atomic E-state index is 0.209. The lowest BCUT2D eigenvalue weighted by Gasteiger charge is -2.08. The number of imidazole rings is 1. The van der Waals surface area contributed by atoms with E-state index in [9.17, 15) is 4.79 Å². The Morgan fingerprint density at radius 2 is 2.08 bits per heavy atom. The number of rotatable bonds is 5. The molecular formula is C15H16N8O. The van der Waals surface area contributed by atoms with Crippen LogP contribution in [0.2, 0.25) is 0 Å². The van der Waals surface area contributed by atoms with E-state index in [1.165, 1.54) is 10.7 Å². The third-order valence-corrected chi connectivity index (χ3v) is 3.98. The number of aryl methyl sites for hydroxylation is 1. The zero-order chi connectivity index (χ0) is 16.5. The molecule has 0 saturated carbocycles. The van der Waals surface area contributed by atoms with Crippen molar-refractivity contribution in [2.75, 3.05) is 0 Å². The highest BCUT2D eigenvalue weighted by Gasteiger charge is 2.19. The first-order chi connectivity index (χ1) is 11.8. The predicted octanol–water partition coefficient (Wildman–Crippen LogP) is 1.41. The van der Waals surface area contributed by atoms with Gasteiger partial charge in [0.2, 0.25) is 0 Å². The molecule has 4 aromatic rings. The number of aromatic nitrogens is 8. The Labute approximate surface area is 136 Å². The average Bonchev–Trinajstić information content (AvgIpc) is 3.25. The summed E-state index contributed by atoms with van der Waals surface area (Å²) in [5.74, 6) is 0.401. The highest BCUT2D eigenvalue weighted by atomic mass is 16.1. The quantitative estimate of drug-likeness (QED) is 0.556. The van der Waals surface area contributed by atoms with E-state index in [-0.39, 0.29) is 5.69 Å². The Bertz CT molecular complexity index is 1050. The summed E-state index contributed by atoms with van der Waals surface area (Å²) in [5, 5.41) is 8.32. The van der Waals surface area contributed by atoms with Crippen molar-refractivity contribution in [3.63, 3.8) is 0 Å². The maximum absolute atomic E-state index is 13.0. The molecule has 0 bridgehead atoms. The number of aromatic amines is 1. The van der Waals surface area contributed by atoms with Crippen LogP contribution in [0.1, 0.15) is 26.2 Å². The predicted molar refractivity (Wildman–Crippen MR) is 87.4 cm³/mol. The number of H-pyrrole nitrogens is 1. The molecule has 0 aromatic carbocycles. The number of hydrogen-bond donors (Lipinski definition) is 1. The zero-order valence-corrected chi connectivity index (χ0v) is 13.2. The van der Waals surface area contributed by atoms with Gasteiger partial charge in [-0.25, -0.2) is 24.1 Å². The van der Waals surface area contributed by atoms with Crippen LogP contribution >= 0.6 is 0 Å². The number of fused-ring (bicyclic) bond motifs is 3. The van der Waals surface area contributed by atoms with Crippen molar-refractivity contribution in [1.29, 1.82) is 0 Å². The summed E-state index contributed by atoms with van der Waals surface area (Å²) in [6, 6.07) is 1.70. The maximum atomic E-state index is 13.0. The Morgan fingerprint density at radius 3 is 2.88 bits per heavy atom. The van der Waals surface area contributed by atoms with E-state index in [0.717, 1.165) is 19.3 Å². The average molecular weight is 324 g/mol. The van der Waals surface area contributed by atoms with Crippen LogP contribution < -0.4 is 5.69 Å². The van der Waals surface area contributed by atoms with Crippen LogP contribution in [0.15, 0.2) is 29.7 Å². The monoisotopic (exact) mass is 324 g/mol. The van der Waals surface area contributed by atoms with E-state index in [1.54, 1.807) is 23.2 Å². The second kappa shape index (κ2) is 5.84. The minimum atomic E-state index is -0.209. The van der Waals surface area contributed by atoms with Crippen LogP contribution in [-0.4, -0.2) is 39.1 Å². The summed E-state index contributed by atoms with van der Waals surface area (Å²) < 4.78 is 3.15. The van der Waals surface area contributed by atoms with Crippen molar-refractivity contribution in [1.82, 2.24) is 39.1 Å². The lowest BCUT2D eigenvalue weighted by atomic mass is 10.2. The summed E-state index contributed by atoms with van der Waals surface area (Å²) in [6.07, 6.45) is 7.65. The summed E-state index contributed by atoms with van der Waals surface area (Å²) >= 11 is 0. The van der Waals surface area contributed by atoms with Crippen molar-refractivity contribution in [3.05, 3.63) is 35.4 Å². The van der Waals surface area contributed by atoms with Gasteiger partial charge in [-0.15, -0.1) is 10.2 Å². The largest absolute Gasteiger partial charge is 0.340 e. The van der Waals surface area contributed by atoms with Crippen LogP contribution in [0, 0.1) is 0 Å². The lowest BCUT2D eigenvalue weighted by molar-refractivity contribution is 0.586. The summed E-state index contributed by atoms with van der Waals surface area (Å²) in [7, 11) is 0. The molecule has 1 N–H and O–H groups in total. The number of hydrogen-bond acceptors (Lipinski definition) is 6. The van der Waals surface area contributed by atoms with Gasteiger partial charge in [0.05, 0.1) is 6.33 Å². The molecule has 0 amide bonds. The van der Waals surface area contributed by atoms with Gasteiger partial charge in [-0.05, 0) is 12.5 Å². The number of unbranched alkanes of at least 4 members (excludes halogenated alkanes) is 2. The fourth-order valence-corrected chi connectivity index (χ4v) is 2.81. The van der Waals surface area contributed by atoms with Gasteiger partial charge in [-0.2, -0.15) is 0 Å². The van der Waals surface area contributed by atoms with E-state index in [1.807, 2.05) is 0 Å². The molecule has 24 heavy (non-hydrogen) atoms. The Balaban J connectivity index is 1.99. The smallest absolute Gasteiger partial charge is 0.337 e. The van der Waals surface area contributed by atoms with Gasteiger partial charge in [0.1, 0.15) is 17.5 Å². The summed E-state index contributed by atoms with van der Waals surface area (Å²) in [6.45, 7) is 2.73. The van der Waals surface area contributed by atoms with Gasteiger partial charge >= 0.3 is 5.69 Å². The molecular weight excluding hydrogens is 308 g/mol. The number of nitrogens with zero attached hydrogens (tertiary/aromatic N) is 7. The molecule has 0 spiro atoms. The first kappa shape index (κ1) is 14.5. The van der Waals surface area contributed by atoms with E-state index in [4.69, 9.17) is 0 Å². The molecule has 0 radical (unpaired) electrons. The minimum Gasteiger partial charge on any atom is -0.340 e. The van der Waals surface area contributed by atoms with E-state index >= 15 is 0 Å². The molecule has 0 saturated heterocycles. The molecule has 0 fully saturated rings. The maximum Gasteiger partial charge on any atom is 0.337 e.